The van der Waals surface area contributed by atoms with Gasteiger partial charge in [-0.15, -0.1) is 0 Å². The fourth-order valence-corrected chi connectivity index (χ4v) is 1.68. The van der Waals surface area contributed by atoms with E-state index in [1.807, 2.05) is 0 Å². The average molecular weight is 266 g/mol. The van der Waals surface area contributed by atoms with Crippen LogP contribution in [0.3, 0.4) is 0 Å². The van der Waals surface area contributed by atoms with Crippen LogP contribution in [0.25, 0.3) is 0 Å². The van der Waals surface area contributed by atoms with Crippen molar-refractivity contribution in [1.82, 2.24) is 0 Å². The molecule has 0 saturated carbocycles. The van der Waals surface area contributed by atoms with E-state index < -0.39 is 0 Å². The van der Waals surface area contributed by atoms with Crippen LogP contribution in [-0.2, 0) is 19.1 Å². The first-order chi connectivity index (χ1) is 7.56. The standard InChI is InChI=1S/C10H18O4S2/c1-8(11)14-10(7-15)6-13-4-3-5-16-9(2)12/h10,15H,3-7H2,1-2H3. The molecule has 0 N–H and O–H groups in total. The van der Waals surface area contributed by atoms with Gasteiger partial charge < -0.3 is 9.47 Å². The summed E-state index contributed by atoms with van der Waals surface area (Å²) in [7, 11) is 0. The molecule has 0 heterocycles. The Bertz CT molecular complexity index is 221. The van der Waals surface area contributed by atoms with Crippen molar-refractivity contribution in [2.75, 3.05) is 24.7 Å². The Labute approximate surface area is 106 Å². The molecule has 0 saturated heterocycles. The Hall–Kier alpha value is -0.200. The van der Waals surface area contributed by atoms with Gasteiger partial charge in [0, 0.05) is 32.0 Å². The lowest BCUT2D eigenvalue weighted by Gasteiger charge is -2.14. The van der Waals surface area contributed by atoms with E-state index in [0.29, 0.717) is 19.0 Å². The minimum absolute atomic E-state index is 0.119. The first-order valence-corrected chi connectivity index (χ1v) is 6.67. The van der Waals surface area contributed by atoms with Crippen molar-refractivity contribution in [3.05, 3.63) is 0 Å². The maximum atomic E-state index is 10.7. The van der Waals surface area contributed by atoms with Gasteiger partial charge in [0.05, 0.1) is 6.61 Å². The summed E-state index contributed by atoms with van der Waals surface area (Å²) in [5, 5.41) is 0.119. The molecule has 0 fully saturated rings. The molecule has 0 aliphatic rings. The van der Waals surface area contributed by atoms with Crippen molar-refractivity contribution in [2.45, 2.75) is 26.4 Å². The van der Waals surface area contributed by atoms with Crippen molar-refractivity contribution in [3.8, 4) is 0 Å². The number of hydrogen-bond donors (Lipinski definition) is 1. The van der Waals surface area contributed by atoms with Gasteiger partial charge in [0.2, 0.25) is 0 Å². The third kappa shape index (κ3) is 10.3. The van der Waals surface area contributed by atoms with Crippen LogP contribution in [0, 0.1) is 0 Å². The predicted molar refractivity (Wildman–Crippen MR) is 68.0 cm³/mol. The SMILES string of the molecule is CC(=O)OC(CS)COCCCSC(C)=O. The largest absolute Gasteiger partial charge is 0.459 e. The van der Waals surface area contributed by atoms with E-state index in [2.05, 4.69) is 12.6 Å². The minimum atomic E-state index is -0.324. The number of rotatable bonds is 8. The lowest BCUT2D eigenvalue weighted by Crippen LogP contribution is -2.24. The predicted octanol–water partition coefficient (Wildman–Crippen LogP) is 1.53. The van der Waals surface area contributed by atoms with Crippen molar-refractivity contribution in [1.29, 1.82) is 0 Å². The summed E-state index contributed by atoms with van der Waals surface area (Å²) in [5.74, 6) is 0.880. The zero-order valence-corrected chi connectivity index (χ0v) is 11.3. The van der Waals surface area contributed by atoms with Gasteiger partial charge >= 0.3 is 5.97 Å². The summed E-state index contributed by atoms with van der Waals surface area (Å²) in [6, 6.07) is 0. The summed E-state index contributed by atoms with van der Waals surface area (Å²) >= 11 is 5.34. The second kappa shape index (κ2) is 9.99. The Balaban J connectivity index is 3.41. The maximum Gasteiger partial charge on any atom is 0.303 e. The summed E-state index contributed by atoms with van der Waals surface area (Å²) in [5.41, 5.74) is 0. The smallest absolute Gasteiger partial charge is 0.303 e. The molecule has 16 heavy (non-hydrogen) atoms. The van der Waals surface area contributed by atoms with E-state index in [-0.39, 0.29) is 17.2 Å². The molecular weight excluding hydrogens is 248 g/mol. The summed E-state index contributed by atoms with van der Waals surface area (Å²) in [6.45, 7) is 3.82. The number of carbonyl (C=O) groups is 2. The van der Waals surface area contributed by atoms with E-state index in [4.69, 9.17) is 9.47 Å². The van der Waals surface area contributed by atoms with Crippen LogP contribution in [0.2, 0.25) is 0 Å². The Morgan fingerprint density at radius 1 is 1.38 bits per heavy atom. The lowest BCUT2D eigenvalue weighted by molar-refractivity contribution is -0.147. The van der Waals surface area contributed by atoms with Crippen molar-refractivity contribution in [2.24, 2.45) is 0 Å². The van der Waals surface area contributed by atoms with E-state index in [0.717, 1.165) is 12.2 Å². The monoisotopic (exact) mass is 266 g/mol. The number of esters is 1. The topological polar surface area (TPSA) is 52.6 Å². The van der Waals surface area contributed by atoms with Gasteiger partial charge in [0.25, 0.3) is 0 Å². The number of carbonyl (C=O) groups excluding carboxylic acids is 2. The van der Waals surface area contributed by atoms with Crippen molar-refractivity contribution in [3.63, 3.8) is 0 Å². The molecule has 4 nitrogen and oxygen atoms in total. The molecule has 0 aliphatic heterocycles. The summed E-state index contributed by atoms with van der Waals surface area (Å²) < 4.78 is 10.3. The van der Waals surface area contributed by atoms with Crippen LogP contribution in [0.1, 0.15) is 20.3 Å². The number of thioether (sulfide) groups is 1. The zero-order valence-electron chi connectivity index (χ0n) is 9.60. The highest BCUT2D eigenvalue weighted by Crippen LogP contribution is 2.04. The molecule has 0 rings (SSSR count). The third-order valence-corrected chi connectivity index (χ3v) is 2.88. The minimum Gasteiger partial charge on any atom is -0.459 e. The highest BCUT2D eigenvalue weighted by Gasteiger charge is 2.09. The van der Waals surface area contributed by atoms with Crippen LogP contribution in [0.15, 0.2) is 0 Å². The fraction of sp³-hybridized carbons (Fsp3) is 0.800. The van der Waals surface area contributed by atoms with Gasteiger partial charge in [-0.2, -0.15) is 12.6 Å². The first-order valence-electron chi connectivity index (χ1n) is 5.05. The van der Waals surface area contributed by atoms with E-state index in [9.17, 15) is 9.59 Å². The molecule has 0 radical (unpaired) electrons. The maximum absolute atomic E-state index is 10.7. The summed E-state index contributed by atoms with van der Waals surface area (Å²) in [6.07, 6.45) is 0.519. The second-order valence-corrected chi connectivity index (χ2v) is 4.82. The van der Waals surface area contributed by atoms with E-state index >= 15 is 0 Å². The highest BCUT2D eigenvalue weighted by atomic mass is 32.2. The first kappa shape index (κ1) is 15.8. The van der Waals surface area contributed by atoms with Crippen LogP contribution >= 0.6 is 24.4 Å². The van der Waals surface area contributed by atoms with Crippen molar-refractivity contribution >= 4 is 35.5 Å². The molecule has 0 aromatic heterocycles. The quantitative estimate of drug-likeness (QED) is 0.410. The molecule has 0 amide bonds. The molecular formula is C10H18O4S2. The molecule has 1 atom stereocenters. The number of thiol groups is 1. The Morgan fingerprint density at radius 3 is 2.56 bits per heavy atom. The highest BCUT2D eigenvalue weighted by molar-refractivity contribution is 8.13. The molecule has 0 aliphatic carbocycles. The Morgan fingerprint density at radius 2 is 2.06 bits per heavy atom. The van der Waals surface area contributed by atoms with Gasteiger partial charge in [-0.1, -0.05) is 11.8 Å². The normalized spacial score (nSPS) is 12.2. The third-order valence-electron chi connectivity index (χ3n) is 1.58. The van der Waals surface area contributed by atoms with E-state index in [1.165, 1.54) is 18.7 Å². The van der Waals surface area contributed by atoms with Crippen molar-refractivity contribution < 1.29 is 19.1 Å². The molecule has 0 spiro atoms. The van der Waals surface area contributed by atoms with Crippen LogP contribution < -0.4 is 0 Å². The summed E-state index contributed by atoms with van der Waals surface area (Å²) in [4.78, 5) is 21.3. The molecule has 1 unspecified atom stereocenters. The lowest BCUT2D eigenvalue weighted by atomic mass is 10.4. The second-order valence-electron chi connectivity index (χ2n) is 3.18. The van der Waals surface area contributed by atoms with Crippen LogP contribution in [0.5, 0.6) is 0 Å². The molecule has 94 valence electrons. The van der Waals surface area contributed by atoms with Crippen LogP contribution in [0.4, 0.5) is 0 Å². The van der Waals surface area contributed by atoms with Gasteiger partial charge in [-0.25, -0.2) is 0 Å². The van der Waals surface area contributed by atoms with Gasteiger partial charge in [0.15, 0.2) is 5.12 Å². The molecule has 0 aromatic carbocycles. The fourth-order valence-electron chi connectivity index (χ4n) is 0.950. The molecule has 0 bridgehead atoms. The number of hydrogen-bond acceptors (Lipinski definition) is 6. The van der Waals surface area contributed by atoms with Gasteiger partial charge in [-0.05, 0) is 6.42 Å². The zero-order chi connectivity index (χ0) is 12.4. The van der Waals surface area contributed by atoms with Crippen LogP contribution in [-0.4, -0.2) is 41.9 Å². The van der Waals surface area contributed by atoms with Gasteiger partial charge in [0.1, 0.15) is 6.10 Å². The molecule has 6 heteroatoms. The number of ether oxygens (including phenoxy) is 2. The average Bonchev–Trinajstić information content (AvgIpc) is 2.20. The molecule has 0 aromatic rings. The Kier molecular flexibility index (Phi) is 9.86. The van der Waals surface area contributed by atoms with E-state index in [1.54, 1.807) is 6.92 Å². The van der Waals surface area contributed by atoms with Gasteiger partial charge in [-0.3, -0.25) is 9.59 Å².